The number of ether oxygens (including phenoxy) is 2. The molecule has 0 aromatic heterocycles. The van der Waals surface area contributed by atoms with Gasteiger partial charge in [0.15, 0.2) is 0 Å². The number of amides is 1. The summed E-state index contributed by atoms with van der Waals surface area (Å²) in [6.45, 7) is 8.45. The third-order valence-electron chi connectivity index (χ3n) is 3.56. The molecule has 7 heteroatoms. The van der Waals surface area contributed by atoms with E-state index < -0.39 is 26.5 Å². The zero-order chi connectivity index (χ0) is 16.9. The molecule has 1 fully saturated rings. The predicted octanol–water partition coefficient (Wildman–Crippen LogP) is 2.97. The van der Waals surface area contributed by atoms with Gasteiger partial charge in [0.25, 0.3) is 0 Å². The molecule has 0 radical (unpaired) electrons. The van der Waals surface area contributed by atoms with Crippen molar-refractivity contribution in [2.24, 2.45) is 0 Å². The summed E-state index contributed by atoms with van der Waals surface area (Å²) in [7, 11) is -3.70. The van der Waals surface area contributed by atoms with E-state index in [9.17, 15) is 13.2 Å². The maximum atomic E-state index is 12.3. The second-order valence-electron chi connectivity index (χ2n) is 6.86. The van der Waals surface area contributed by atoms with Crippen LogP contribution in [0.4, 0.5) is 4.79 Å². The van der Waals surface area contributed by atoms with Crippen molar-refractivity contribution in [2.75, 3.05) is 13.2 Å². The Labute approximate surface area is 134 Å². The summed E-state index contributed by atoms with van der Waals surface area (Å²) in [5.41, 5.74) is -0.719. The van der Waals surface area contributed by atoms with Gasteiger partial charge < -0.3 is 9.47 Å². The Hall–Kier alpha value is -0.820. The Bertz CT molecular complexity index is 463. The summed E-state index contributed by atoms with van der Waals surface area (Å²) < 4.78 is 36.3. The quantitative estimate of drug-likeness (QED) is 0.655. The lowest BCUT2D eigenvalue weighted by molar-refractivity contribution is 0.0569. The minimum absolute atomic E-state index is 0.511. The van der Waals surface area contributed by atoms with Crippen LogP contribution in [0.5, 0.6) is 0 Å². The van der Waals surface area contributed by atoms with Crippen LogP contribution in [0.2, 0.25) is 0 Å². The lowest BCUT2D eigenvalue weighted by Gasteiger charge is -2.22. The first-order chi connectivity index (χ1) is 10.1. The molecule has 0 aliphatic heterocycles. The standard InChI is InChI=1S/C15H29NO5S/c1-5-6-11-20-12-7-8-15(9-10-15)22(18,19)16-13(17)21-14(2,3)4/h5-12H2,1-4H3,(H,16,17). The van der Waals surface area contributed by atoms with E-state index in [1.54, 1.807) is 20.8 Å². The molecule has 22 heavy (non-hydrogen) atoms. The number of sulfonamides is 1. The minimum atomic E-state index is -3.70. The smallest absolute Gasteiger partial charge is 0.421 e. The van der Waals surface area contributed by atoms with Gasteiger partial charge in [-0.15, -0.1) is 0 Å². The number of carbonyl (C=O) groups is 1. The first-order valence-electron chi connectivity index (χ1n) is 7.95. The van der Waals surface area contributed by atoms with Gasteiger partial charge in [-0.3, -0.25) is 0 Å². The van der Waals surface area contributed by atoms with Crippen LogP contribution in [0.15, 0.2) is 0 Å². The molecule has 0 bridgehead atoms. The largest absolute Gasteiger partial charge is 0.443 e. The highest BCUT2D eigenvalue weighted by molar-refractivity contribution is 7.91. The van der Waals surface area contributed by atoms with Gasteiger partial charge in [-0.05, 0) is 52.9 Å². The van der Waals surface area contributed by atoms with Crippen LogP contribution < -0.4 is 4.72 Å². The monoisotopic (exact) mass is 335 g/mol. The van der Waals surface area contributed by atoms with Crippen molar-refractivity contribution in [3.63, 3.8) is 0 Å². The summed E-state index contributed by atoms with van der Waals surface area (Å²) in [6, 6.07) is 0. The molecule has 0 unspecified atom stereocenters. The molecular formula is C15H29NO5S. The fourth-order valence-corrected chi connectivity index (χ4v) is 3.68. The van der Waals surface area contributed by atoms with Crippen molar-refractivity contribution in [3.8, 4) is 0 Å². The maximum Gasteiger partial charge on any atom is 0.421 e. The highest BCUT2D eigenvalue weighted by Gasteiger charge is 2.54. The van der Waals surface area contributed by atoms with Gasteiger partial charge in [0.05, 0.1) is 4.75 Å². The van der Waals surface area contributed by atoms with Gasteiger partial charge in [0, 0.05) is 13.2 Å². The molecule has 0 heterocycles. The van der Waals surface area contributed by atoms with E-state index in [0.29, 0.717) is 38.9 Å². The van der Waals surface area contributed by atoms with Crippen molar-refractivity contribution >= 4 is 16.1 Å². The lowest BCUT2D eigenvalue weighted by atomic mass is 10.2. The van der Waals surface area contributed by atoms with Gasteiger partial charge in [-0.1, -0.05) is 13.3 Å². The number of hydrogen-bond acceptors (Lipinski definition) is 5. The van der Waals surface area contributed by atoms with Crippen LogP contribution in [0.25, 0.3) is 0 Å². The zero-order valence-corrected chi connectivity index (χ0v) is 14.9. The van der Waals surface area contributed by atoms with Crippen LogP contribution in [-0.2, 0) is 19.5 Å². The zero-order valence-electron chi connectivity index (χ0n) is 14.1. The maximum absolute atomic E-state index is 12.3. The molecule has 0 spiro atoms. The highest BCUT2D eigenvalue weighted by Crippen LogP contribution is 2.46. The average Bonchev–Trinajstić information content (AvgIpc) is 3.12. The van der Waals surface area contributed by atoms with Crippen LogP contribution in [-0.4, -0.2) is 38.1 Å². The second-order valence-corrected chi connectivity index (χ2v) is 8.94. The van der Waals surface area contributed by atoms with Crippen molar-refractivity contribution < 1.29 is 22.7 Å². The fraction of sp³-hybridized carbons (Fsp3) is 0.933. The van der Waals surface area contributed by atoms with Crippen LogP contribution in [0.3, 0.4) is 0 Å². The normalized spacial score (nSPS) is 17.1. The molecule has 0 aromatic rings. The van der Waals surface area contributed by atoms with E-state index in [1.165, 1.54) is 0 Å². The molecule has 0 atom stereocenters. The van der Waals surface area contributed by atoms with E-state index in [0.717, 1.165) is 12.8 Å². The van der Waals surface area contributed by atoms with E-state index in [1.807, 2.05) is 4.72 Å². The molecule has 1 N–H and O–H groups in total. The Balaban J connectivity index is 2.42. The number of unbranched alkanes of at least 4 members (excludes halogenated alkanes) is 1. The van der Waals surface area contributed by atoms with Gasteiger partial charge in [0.2, 0.25) is 10.0 Å². The molecule has 0 saturated heterocycles. The van der Waals surface area contributed by atoms with Gasteiger partial charge >= 0.3 is 6.09 Å². The molecule has 1 rings (SSSR count). The first kappa shape index (κ1) is 19.2. The minimum Gasteiger partial charge on any atom is -0.443 e. The Morgan fingerprint density at radius 3 is 2.27 bits per heavy atom. The van der Waals surface area contributed by atoms with Crippen molar-refractivity contribution in [1.82, 2.24) is 4.72 Å². The number of hydrogen-bond donors (Lipinski definition) is 1. The fourth-order valence-electron chi connectivity index (χ4n) is 2.15. The topological polar surface area (TPSA) is 81.7 Å². The van der Waals surface area contributed by atoms with Gasteiger partial charge in [-0.25, -0.2) is 17.9 Å². The highest BCUT2D eigenvalue weighted by atomic mass is 32.2. The summed E-state index contributed by atoms with van der Waals surface area (Å²) >= 11 is 0. The van der Waals surface area contributed by atoms with Crippen LogP contribution >= 0.6 is 0 Å². The van der Waals surface area contributed by atoms with Crippen molar-refractivity contribution in [3.05, 3.63) is 0 Å². The number of carbonyl (C=O) groups excluding carboxylic acids is 1. The molecule has 1 aliphatic rings. The third kappa shape index (κ3) is 6.12. The van der Waals surface area contributed by atoms with Crippen molar-refractivity contribution in [1.29, 1.82) is 0 Å². The molecule has 130 valence electrons. The number of nitrogens with one attached hydrogen (secondary N) is 1. The Morgan fingerprint density at radius 1 is 1.18 bits per heavy atom. The summed E-state index contributed by atoms with van der Waals surface area (Å²) in [6.07, 6.45) is 3.55. The molecular weight excluding hydrogens is 306 g/mol. The van der Waals surface area contributed by atoms with Crippen LogP contribution in [0.1, 0.15) is 66.2 Å². The Morgan fingerprint density at radius 2 is 1.77 bits per heavy atom. The molecule has 1 aliphatic carbocycles. The van der Waals surface area contributed by atoms with E-state index >= 15 is 0 Å². The SMILES string of the molecule is CCCCOCCCC1(S(=O)(=O)NC(=O)OC(C)(C)C)CC1. The molecule has 0 aromatic carbocycles. The van der Waals surface area contributed by atoms with Crippen LogP contribution in [0, 0.1) is 0 Å². The first-order valence-corrected chi connectivity index (χ1v) is 9.43. The average molecular weight is 335 g/mol. The summed E-state index contributed by atoms with van der Waals surface area (Å²) in [4.78, 5) is 11.7. The predicted molar refractivity (Wildman–Crippen MR) is 85.2 cm³/mol. The summed E-state index contributed by atoms with van der Waals surface area (Å²) in [5.74, 6) is 0. The van der Waals surface area contributed by atoms with E-state index in [2.05, 4.69) is 6.92 Å². The van der Waals surface area contributed by atoms with E-state index in [4.69, 9.17) is 9.47 Å². The molecule has 6 nitrogen and oxygen atoms in total. The second kappa shape index (κ2) is 7.64. The summed E-state index contributed by atoms with van der Waals surface area (Å²) in [5, 5.41) is 0. The number of rotatable bonds is 9. The van der Waals surface area contributed by atoms with Gasteiger partial charge in [0.1, 0.15) is 5.60 Å². The third-order valence-corrected chi connectivity index (χ3v) is 5.75. The van der Waals surface area contributed by atoms with Crippen molar-refractivity contribution in [2.45, 2.75) is 76.6 Å². The molecule has 1 saturated carbocycles. The Kier molecular flexibility index (Phi) is 6.67. The molecule has 1 amide bonds. The van der Waals surface area contributed by atoms with E-state index in [-0.39, 0.29) is 0 Å². The van der Waals surface area contributed by atoms with Gasteiger partial charge in [-0.2, -0.15) is 0 Å². The lowest BCUT2D eigenvalue weighted by Crippen LogP contribution is -2.42.